The summed E-state index contributed by atoms with van der Waals surface area (Å²) in [5, 5.41) is 18.3. The molecule has 208 valence electrons. The maximum Gasteiger partial charge on any atom is 0.354 e. The molecule has 12 heteroatoms. The Balaban J connectivity index is 0.000000350. The first-order valence-electron chi connectivity index (χ1n) is 12.7. The van der Waals surface area contributed by atoms with Gasteiger partial charge in [0, 0.05) is 17.5 Å². The molecular formula is C28H30N6O5S. The van der Waals surface area contributed by atoms with Crippen molar-refractivity contribution in [2.24, 2.45) is 5.73 Å². The number of aromatic nitrogens is 4. The van der Waals surface area contributed by atoms with E-state index in [-0.39, 0.29) is 29.8 Å². The Hall–Kier alpha value is -4.42. The topological polar surface area (TPSA) is 162 Å². The van der Waals surface area contributed by atoms with Gasteiger partial charge in [-0.2, -0.15) is 14.6 Å². The molecule has 1 amide bonds. The zero-order chi connectivity index (χ0) is 28.8. The number of benzene rings is 1. The minimum atomic E-state index is -1.27. The molecule has 0 fully saturated rings. The highest BCUT2D eigenvalue weighted by Crippen LogP contribution is 2.35. The maximum atomic E-state index is 13.0. The van der Waals surface area contributed by atoms with Crippen LogP contribution in [0.15, 0.2) is 48.6 Å². The second-order valence-corrected chi connectivity index (χ2v) is 10.0. The van der Waals surface area contributed by atoms with Crippen molar-refractivity contribution in [3.63, 3.8) is 0 Å². The summed E-state index contributed by atoms with van der Waals surface area (Å²) in [4.78, 5) is 45.7. The number of thiophene rings is 1. The SMILES string of the molecule is C=CCOC(=O)c1ccc2c(c1C)CC[C@@H]2NC(=O)c1cc(C(=O)O)nc2ncnn12.CCc1cc(CN)cs1. The molecule has 1 aliphatic carbocycles. The van der Waals surface area contributed by atoms with E-state index in [2.05, 4.69) is 45.3 Å². The van der Waals surface area contributed by atoms with Crippen LogP contribution in [0.4, 0.5) is 0 Å². The predicted octanol–water partition coefficient (Wildman–Crippen LogP) is 3.66. The molecule has 1 aliphatic rings. The van der Waals surface area contributed by atoms with Crippen LogP contribution in [0.5, 0.6) is 0 Å². The highest BCUT2D eigenvalue weighted by Gasteiger charge is 2.29. The smallest absolute Gasteiger partial charge is 0.354 e. The van der Waals surface area contributed by atoms with Gasteiger partial charge in [-0.05, 0) is 66.0 Å². The number of hydrogen-bond acceptors (Lipinski definition) is 9. The Labute approximate surface area is 234 Å². The minimum absolute atomic E-state index is 0.0229. The van der Waals surface area contributed by atoms with Crippen molar-refractivity contribution in [1.82, 2.24) is 24.9 Å². The number of carboxylic acids is 1. The van der Waals surface area contributed by atoms with Crippen LogP contribution >= 0.6 is 11.3 Å². The molecule has 0 unspecified atom stereocenters. The summed E-state index contributed by atoms with van der Waals surface area (Å²) in [5.74, 6) is -2.16. The Morgan fingerprint density at radius 1 is 1.32 bits per heavy atom. The number of carbonyl (C=O) groups is 3. The standard InChI is InChI=1S/C21H19N5O5.C7H11NS/c1-3-8-31-20(30)13-4-5-14-12(11(13)2)6-7-15(14)24-18(27)17-9-16(19(28)29)25-21-22-10-23-26(17)21;1-2-7-3-6(4-8)5-9-7/h3-5,9-10,15H,1,6-8H2,2H3,(H,24,27)(H,28,29);3,5H,2,4,8H2,1H3/t15-;/m0./s1. The lowest BCUT2D eigenvalue weighted by atomic mass is 9.98. The Morgan fingerprint density at radius 3 is 2.77 bits per heavy atom. The van der Waals surface area contributed by atoms with Gasteiger partial charge in [0.1, 0.15) is 18.6 Å². The number of nitrogens with zero attached hydrogens (tertiary/aromatic N) is 4. The number of carbonyl (C=O) groups excluding carboxylic acids is 2. The molecule has 4 aromatic rings. The molecule has 40 heavy (non-hydrogen) atoms. The minimum Gasteiger partial charge on any atom is -0.477 e. The number of hydrogen-bond donors (Lipinski definition) is 3. The molecule has 0 radical (unpaired) electrons. The number of nitrogens with one attached hydrogen (secondary N) is 1. The fraction of sp³-hybridized carbons (Fsp3) is 0.286. The van der Waals surface area contributed by atoms with E-state index in [9.17, 15) is 19.5 Å². The second kappa shape index (κ2) is 12.6. The first-order valence-corrected chi connectivity index (χ1v) is 13.6. The fourth-order valence-electron chi connectivity index (χ4n) is 4.50. The van der Waals surface area contributed by atoms with Crippen LogP contribution in [0, 0.1) is 6.92 Å². The third-order valence-electron chi connectivity index (χ3n) is 6.55. The van der Waals surface area contributed by atoms with Gasteiger partial charge in [0.05, 0.1) is 11.6 Å². The summed E-state index contributed by atoms with van der Waals surface area (Å²) < 4.78 is 6.33. The number of aryl methyl sites for hydroxylation is 1. The zero-order valence-electron chi connectivity index (χ0n) is 22.2. The van der Waals surface area contributed by atoms with E-state index in [1.165, 1.54) is 33.4 Å². The van der Waals surface area contributed by atoms with E-state index in [0.717, 1.165) is 23.1 Å². The lowest BCUT2D eigenvalue weighted by molar-refractivity contribution is 0.0548. The number of fused-ring (bicyclic) bond motifs is 2. The van der Waals surface area contributed by atoms with Crippen LogP contribution in [0.1, 0.15) is 77.9 Å². The quantitative estimate of drug-likeness (QED) is 0.215. The summed E-state index contributed by atoms with van der Waals surface area (Å²) in [5.41, 5.74) is 9.62. The molecular weight excluding hydrogens is 532 g/mol. The maximum absolute atomic E-state index is 13.0. The third kappa shape index (κ3) is 6.08. The van der Waals surface area contributed by atoms with Crippen LogP contribution < -0.4 is 11.1 Å². The van der Waals surface area contributed by atoms with Crippen molar-refractivity contribution in [2.75, 3.05) is 6.61 Å². The molecule has 0 bridgehead atoms. The van der Waals surface area contributed by atoms with Gasteiger partial charge in [-0.1, -0.05) is 25.6 Å². The number of aromatic carboxylic acids is 1. The predicted molar refractivity (Wildman–Crippen MR) is 150 cm³/mol. The van der Waals surface area contributed by atoms with Crippen molar-refractivity contribution in [3.05, 3.63) is 92.7 Å². The summed E-state index contributed by atoms with van der Waals surface area (Å²) in [7, 11) is 0. The average molecular weight is 563 g/mol. The van der Waals surface area contributed by atoms with E-state index in [1.54, 1.807) is 17.4 Å². The van der Waals surface area contributed by atoms with Crippen LogP contribution in [-0.2, 0) is 24.1 Å². The molecule has 0 spiro atoms. The Bertz CT molecular complexity index is 1560. The highest BCUT2D eigenvalue weighted by atomic mass is 32.1. The van der Waals surface area contributed by atoms with E-state index in [4.69, 9.17) is 10.5 Å². The second-order valence-electron chi connectivity index (χ2n) is 9.04. The number of ether oxygens (including phenoxy) is 1. The van der Waals surface area contributed by atoms with Crippen LogP contribution in [0.25, 0.3) is 5.78 Å². The Morgan fingerprint density at radius 2 is 2.12 bits per heavy atom. The molecule has 3 aromatic heterocycles. The van der Waals surface area contributed by atoms with Gasteiger partial charge >= 0.3 is 11.9 Å². The normalized spacial score (nSPS) is 13.7. The fourth-order valence-corrected chi connectivity index (χ4v) is 5.35. The first-order chi connectivity index (χ1) is 19.3. The van der Waals surface area contributed by atoms with Gasteiger partial charge in [-0.25, -0.2) is 14.6 Å². The molecule has 4 N–H and O–H groups in total. The highest BCUT2D eigenvalue weighted by molar-refractivity contribution is 7.10. The summed E-state index contributed by atoms with van der Waals surface area (Å²) in [6.07, 6.45) is 5.17. The number of rotatable bonds is 8. The number of amides is 1. The zero-order valence-corrected chi connectivity index (χ0v) is 23.0. The monoisotopic (exact) mass is 562 g/mol. The van der Waals surface area contributed by atoms with Crippen molar-refractivity contribution in [3.8, 4) is 0 Å². The molecule has 3 heterocycles. The van der Waals surface area contributed by atoms with Crippen molar-refractivity contribution in [1.29, 1.82) is 0 Å². The van der Waals surface area contributed by atoms with Gasteiger partial charge in [0.2, 0.25) is 0 Å². The first kappa shape index (κ1) is 28.6. The molecule has 0 saturated heterocycles. The van der Waals surface area contributed by atoms with E-state index in [0.29, 0.717) is 24.9 Å². The summed E-state index contributed by atoms with van der Waals surface area (Å²) >= 11 is 1.79. The van der Waals surface area contributed by atoms with Gasteiger partial charge in [0.25, 0.3) is 11.7 Å². The summed E-state index contributed by atoms with van der Waals surface area (Å²) in [6, 6.07) is 6.54. The van der Waals surface area contributed by atoms with Crippen molar-refractivity contribution in [2.45, 2.75) is 45.7 Å². The number of esters is 1. The lowest BCUT2D eigenvalue weighted by Crippen LogP contribution is -2.29. The largest absolute Gasteiger partial charge is 0.477 e. The average Bonchev–Trinajstić information content (AvgIpc) is 3.71. The van der Waals surface area contributed by atoms with Crippen molar-refractivity contribution < 1.29 is 24.2 Å². The number of carboxylic acid groups (broad SMARTS) is 1. The summed E-state index contributed by atoms with van der Waals surface area (Å²) in [6.45, 7) is 8.36. The van der Waals surface area contributed by atoms with Crippen molar-refractivity contribution >= 4 is 35.0 Å². The Kier molecular flexibility index (Phi) is 9.02. The van der Waals surface area contributed by atoms with Crippen LogP contribution in [0.2, 0.25) is 0 Å². The molecule has 0 aliphatic heterocycles. The van der Waals surface area contributed by atoms with Crippen LogP contribution in [0.3, 0.4) is 0 Å². The molecule has 1 atom stereocenters. The van der Waals surface area contributed by atoms with E-state index < -0.39 is 17.8 Å². The third-order valence-corrected chi connectivity index (χ3v) is 7.68. The molecule has 5 rings (SSSR count). The number of nitrogens with two attached hydrogens (primary N) is 1. The van der Waals surface area contributed by atoms with Crippen LogP contribution in [-0.4, -0.2) is 49.1 Å². The van der Waals surface area contributed by atoms with Gasteiger partial charge in [0.15, 0.2) is 5.69 Å². The molecule has 0 saturated carbocycles. The molecule has 1 aromatic carbocycles. The van der Waals surface area contributed by atoms with E-state index in [1.807, 2.05) is 13.0 Å². The van der Waals surface area contributed by atoms with Gasteiger partial charge < -0.3 is 20.9 Å². The van der Waals surface area contributed by atoms with Gasteiger partial charge in [-0.3, -0.25) is 4.79 Å². The molecule has 11 nitrogen and oxygen atoms in total. The lowest BCUT2D eigenvalue weighted by Gasteiger charge is -2.16. The van der Waals surface area contributed by atoms with Gasteiger partial charge in [-0.15, -0.1) is 11.3 Å². The van der Waals surface area contributed by atoms with E-state index >= 15 is 0 Å².